The summed E-state index contributed by atoms with van der Waals surface area (Å²) in [6.07, 6.45) is 1.44. The predicted molar refractivity (Wildman–Crippen MR) is 63.8 cm³/mol. The van der Waals surface area contributed by atoms with Crippen LogP contribution in [-0.4, -0.2) is 11.0 Å². The summed E-state index contributed by atoms with van der Waals surface area (Å²) in [4.78, 5) is 4.12. The normalized spacial score (nSPS) is 11.2. The summed E-state index contributed by atoms with van der Waals surface area (Å²) < 4.78 is 31.7. The molecule has 1 N–H and O–H groups in total. The Kier molecular flexibility index (Phi) is 3.72. The van der Waals surface area contributed by atoms with Gasteiger partial charge in [0.1, 0.15) is 6.26 Å². The lowest BCUT2D eigenvalue weighted by Crippen LogP contribution is -2.21. The van der Waals surface area contributed by atoms with Crippen LogP contribution in [0.2, 0.25) is 0 Å². The van der Waals surface area contributed by atoms with Crippen LogP contribution in [0.1, 0.15) is 19.5 Å². The molecule has 0 unspecified atom stereocenters. The number of oxazole rings is 1. The zero-order chi connectivity index (χ0) is 13.1. The second-order valence-corrected chi connectivity index (χ2v) is 4.28. The number of nitrogens with zero attached hydrogens (tertiary/aromatic N) is 1. The maximum atomic E-state index is 13.5. The fourth-order valence-electron chi connectivity index (χ4n) is 1.49. The first-order valence-corrected chi connectivity index (χ1v) is 5.70. The molecule has 0 fully saturated rings. The van der Waals surface area contributed by atoms with Crippen molar-refractivity contribution in [3.63, 3.8) is 0 Å². The van der Waals surface area contributed by atoms with Crippen molar-refractivity contribution in [2.75, 3.05) is 0 Å². The molecule has 2 rings (SSSR count). The quantitative estimate of drug-likeness (QED) is 0.908. The van der Waals surface area contributed by atoms with E-state index in [0.29, 0.717) is 18.3 Å². The van der Waals surface area contributed by atoms with Crippen LogP contribution in [0, 0.1) is 11.6 Å². The Bertz CT molecular complexity index is 538. The third-order valence-electron chi connectivity index (χ3n) is 2.43. The van der Waals surface area contributed by atoms with Crippen molar-refractivity contribution >= 4 is 0 Å². The average molecular weight is 252 g/mol. The summed E-state index contributed by atoms with van der Waals surface area (Å²) in [5.41, 5.74) is 0.688. The zero-order valence-corrected chi connectivity index (χ0v) is 10.2. The third-order valence-corrected chi connectivity index (χ3v) is 2.43. The van der Waals surface area contributed by atoms with E-state index in [1.54, 1.807) is 0 Å². The topological polar surface area (TPSA) is 38.1 Å². The first kappa shape index (κ1) is 12.7. The minimum absolute atomic E-state index is 0.0331. The summed E-state index contributed by atoms with van der Waals surface area (Å²) >= 11 is 0. The van der Waals surface area contributed by atoms with Crippen molar-refractivity contribution < 1.29 is 13.2 Å². The van der Waals surface area contributed by atoms with Gasteiger partial charge in [0.15, 0.2) is 11.6 Å². The third kappa shape index (κ3) is 2.73. The second-order valence-electron chi connectivity index (χ2n) is 4.28. The number of hydrogen-bond donors (Lipinski definition) is 1. The Morgan fingerprint density at radius 1 is 1.33 bits per heavy atom. The van der Waals surface area contributed by atoms with E-state index in [1.165, 1.54) is 18.4 Å². The van der Waals surface area contributed by atoms with E-state index in [9.17, 15) is 8.78 Å². The summed E-state index contributed by atoms with van der Waals surface area (Å²) in [5.74, 6) is -1.76. The molecular formula is C13H14F2N2O. The van der Waals surface area contributed by atoms with Gasteiger partial charge in [-0.3, -0.25) is 0 Å². The fraction of sp³-hybridized carbons (Fsp3) is 0.308. The Morgan fingerprint density at radius 2 is 2.11 bits per heavy atom. The van der Waals surface area contributed by atoms with Crippen LogP contribution in [0.3, 0.4) is 0 Å². The van der Waals surface area contributed by atoms with E-state index < -0.39 is 11.6 Å². The molecule has 1 heterocycles. The molecule has 96 valence electrons. The first-order valence-electron chi connectivity index (χ1n) is 5.70. The minimum atomic E-state index is -0.942. The molecule has 0 spiro atoms. The second kappa shape index (κ2) is 5.27. The van der Waals surface area contributed by atoms with Crippen molar-refractivity contribution in [1.29, 1.82) is 0 Å². The number of benzene rings is 1. The van der Waals surface area contributed by atoms with E-state index in [0.717, 1.165) is 6.07 Å². The number of aromatic nitrogens is 1. The number of hydrogen-bond acceptors (Lipinski definition) is 3. The average Bonchev–Trinajstić information content (AvgIpc) is 2.78. The highest BCUT2D eigenvalue weighted by molar-refractivity contribution is 5.54. The van der Waals surface area contributed by atoms with E-state index >= 15 is 0 Å². The molecule has 5 heteroatoms. The highest BCUT2D eigenvalue weighted by Crippen LogP contribution is 2.23. The monoisotopic (exact) mass is 252 g/mol. The zero-order valence-electron chi connectivity index (χ0n) is 10.2. The SMILES string of the molecule is CC(C)NCc1coc(-c2cccc(F)c2F)n1. The van der Waals surface area contributed by atoms with Crippen molar-refractivity contribution in [2.24, 2.45) is 0 Å². The molecule has 0 amide bonds. The molecule has 0 bridgehead atoms. The van der Waals surface area contributed by atoms with Gasteiger partial charge in [0.25, 0.3) is 0 Å². The van der Waals surface area contributed by atoms with Crippen LogP contribution in [0.25, 0.3) is 11.5 Å². The maximum Gasteiger partial charge on any atom is 0.229 e. The van der Waals surface area contributed by atoms with Gasteiger partial charge >= 0.3 is 0 Å². The van der Waals surface area contributed by atoms with Gasteiger partial charge in [0.05, 0.1) is 11.3 Å². The van der Waals surface area contributed by atoms with Crippen molar-refractivity contribution in [3.05, 3.63) is 41.8 Å². The van der Waals surface area contributed by atoms with Gasteiger partial charge in [0.2, 0.25) is 5.89 Å². The summed E-state index contributed by atoms with van der Waals surface area (Å²) in [6.45, 7) is 4.54. The van der Waals surface area contributed by atoms with Crippen LogP contribution in [0.15, 0.2) is 28.9 Å². The molecular weight excluding hydrogens is 238 g/mol. The van der Waals surface area contributed by atoms with Crippen LogP contribution in [0.5, 0.6) is 0 Å². The smallest absolute Gasteiger partial charge is 0.229 e. The van der Waals surface area contributed by atoms with Gasteiger partial charge in [-0.2, -0.15) is 0 Å². The Morgan fingerprint density at radius 3 is 2.83 bits per heavy atom. The number of rotatable bonds is 4. The molecule has 0 aliphatic heterocycles. The molecule has 0 atom stereocenters. The maximum absolute atomic E-state index is 13.5. The molecule has 0 aliphatic rings. The van der Waals surface area contributed by atoms with E-state index in [4.69, 9.17) is 4.42 Å². The van der Waals surface area contributed by atoms with Gasteiger partial charge in [-0.15, -0.1) is 0 Å². The standard InChI is InChI=1S/C13H14F2N2O/c1-8(2)16-6-9-7-18-13(17-9)10-4-3-5-11(14)12(10)15/h3-5,7-8,16H,6H2,1-2H3. The summed E-state index contributed by atoms with van der Waals surface area (Å²) in [7, 11) is 0. The fourth-order valence-corrected chi connectivity index (χ4v) is 1.49. The Balaban J connectivity index is 2.21. The predicted octanol–water partition coefficient (Wildman–Crippen LogP) is 3.12. The van der Waals surface area contributed by atoms with Gasteiger partial charge in [0, 0.05) is 12.6 Å². The Hall–Kier alpha value is -1.75. The minimum Gasteiger partial charge on any atom is -0.444 e. The van der Waals surface area contributed by atoms with Crippen LogP contribution < -0.4 is 5.32 Å². The van der Waals surface area contributed by atoms with Crippen LogP contribution in [-0.2, 0) is 6.54 Å². The number of nitrogens with one attached hydrogen (secondary N) is 1. The highest BCUT2D eigenvalue weighted by Gasteiger charge is 2.14. The molecule has 1 aromatic heterocycles. The molecule has 0 saturated heterocycles. The summed E-state index contributed by atoms with van der Waals surface area (Å²) in [6, 6.07) is 4.23. The van der Waals surface area contributed by atoms with E-state index in [1.807, 2.05) is 13.8 Å². The van der Waals surface area contributed by atoms with Crippen LogP contribution >= 0.6 is 0 Å². The molecule has 0 radical (unpaired) electrons. The largest absolute Gasteiger partial charge is 0.444 e. The molecule has 18 heavy (non-hydrogen) atoms. The van der Waals surface area contributed by atoms with Gasteiger partial charge < -0.3 is 9.73 Å². The summed E-state index contributed by atoms with van der Waals surface area (Å²) in [5, 5.41) is 3.16. The highest BCUT2D eigenvalue weighted by atomic mass is 19.2. The van der Waals surface area contributed by atoms with E-state index in [-0.39, 0.29) is 11.5 Å². The van der Waals surface area contributed by atoms with Crippen molar-refractivity contribution in [2.45, 2.75) is 26.4 Å². The van der Waals surface area contributed by atoms with Crippen molar-refractivity contribution in [1.82, 2.24) is 10.3 Å². The molecule has 3 nitrogen and oxygen atoms in total. The molecule has 0 saturated carbocycles. The molecule has 1 aromatic carbocycles. The Labute approximate surface area is 104 Å². The lowest BCUT2D eigenvalue weighted by Gasteiger charge is -2.04. The lowest BCUT2D eigenvalue weighted by atomic mass is 10.2. The number of halogens is 2. The van der Waals surface area contributed by atoms with E-state index in [2.05, 4.69) is 10.3 Å². The first-order chi connectivity index (χ1) is 8.58. The van der Waals surface area contributed by atoms with Gasteiger partial charge in [-0.25, -0.2) is 13.8 Å². The van der Waals surface area contributed by atoms with Crippen molar-refractivity contribution in [3.8, 4) is 11.5 Å². The van der Waals surface area contributed by atoms with Crippen LogP contribution in [0.4, 0.5) is 8.78 Å². The lowest BCUT2D eigenvalue weighted by molar-refractivity contribution is 0.502. The molecule has 0 aliphatic carbocycles. The van der Waals surface area contributed by atoms with Gasteiger partial charge in [-0.05, 0) is 12.1 Å². The van der Waals surface area contributed by atoms with Gasteiger partial charge in [-0.1, -0.05) is 19.9 Å². The molecule has 2 aromatic rings.